The topological polar surface area (TPSA) is 67.2 Å². The van der Waals surface area contributed by atoms with E-state index in [-0.39, 0.29) is 11.8 Å². The maximum absolute atomic E-state index is 13.2. The minimum absolute atomic E-state index is 0.184. The van der Waals surface area contributed by atoms with Crippen LogP contribution in [0.2, 0.25) is 0 Å². The molecule has 0 spiro atoms. The number of benzene rings is 1. The quantitative estimate of drug-likeness (QED) is 0.790. The smallest absolute Gasteiger partial charge is 0.277 e. The molecule has 0 fully saturated rings. The van der Waals surface area contributed by atoms with Crippen LogP contribution in [0.5, 0.6) is 0 Å². The van der Waals surface area contributed by atoms with E-state index < -0.39 is 6.04 Å². The van der Waals surface area contributed by atoms with Crippen LogP contribution in [-0.4, -0.2) is 34.5 Å². The number of anilines is 1. The third-order valence-electron chi connectivity index (χ3n) is 4.61. The first-order chi connectivity index (χ1) is 12.7. The van der Waals surface area contributed by atoms with Gasteiger partial charge in [0.25, 0.3) is 5.91 Å². The maximum Gasteiger partial charge on any atom is 0.277 e. The molecule has 0 bridgehead atoms. The fourth-order valence-electron chi connectivity index (χ4n) is 3.34. The molecule has 1 atom stereocenters. The van der Waals surface area contributed by atoms with Gasteiger partial charge in [-0.05, 0) is 35.9 Å². The summed E-state index contributed by atoms with van der Waals surface area (Å²) in [5.41, 5.74) is 2.90. The van der Waals surface area contributed by atoms with Crippen molar-refractivity contribution in [2.45, 2.75) is 12.5 Å². The van der Waals surface area contributed by atoms with E-state index in [2.05, 4.69) is 10.3 Å². The van der Waals surface area contributed by atoms with Gasteiger partial charge in [0.1, 0.15) is 11.7 Å². The Morgan fingerprint density at radius 1 is 1.12 bits per heavy atom. The molecule has 130 valence electrons. The molecule has 6 nitrogen and oxygen atoms in total. The Morgan fingerprint density at radius 3 is 2.65 bits per heavy atom. The Hall–Kier alpha value is -3.41. The molecule has 1 aromatic carbocycles. The average Bonchev–Trinajstić information content (AvgIpc) is 3.34. The fourth-order valence-corrected chi connectivity index (χ4v) is 3.34. The van der Waals surface area contributed by atoms with Gasteiger partial charge in [0.05, 0.1) is 0 Å². The lowest BCUT2D eigenvalue weighted by molar-refractivity contribution is -0.121. The number of rotatable bonds is 3. The average molecular weight is 346 g/mol. The van der Waals surface area contributed by atoms with Crippen LogP contribution in [0.1, 0.15) is 16.1 Å². The molecule has 3 aromatic rings. The largest absolute Gasteiger partial charge is 0.357 e. The van der Waals surface area contributed by atoms with E-state index in [9.17, 15) is 9.59 Å². The number of hydrogen-bond donors (Lipinski definition) is 1. The molecule has 2 amide bonds. The number of likely N-dealkylation sites (N-methyl/N-ethyl adjacent to an activating group) is 1. The number of nitrogens with one attached hydrogen (secondary N) is 1. The van der Waals surface area contributed by atoms with E-state index in [1.807, 2.05) is 59.4 Å². The third-order valence-corrected chi connectivity index (χ3v) is 4.61. The predicted octanol–water partition coefficient (Wildman–Crippen LogP) is 2.19. The van der Waals surface area contributed by atoms with Crippen LogP contribution < -0.4 is 10.2 Å². The van der Waals surface area contributed by atoms with Crippen LogP contribution in [0, 0.1) is 0 Å². The summed E-state index contributed by atoms with van der Waals surface area (Å²) in [6.45, 7) is 0. The number of carbonyl (C=O) groups excluding carboxylic acids is 2. The van der Waals surface area contributed by atoms with Crippen molar-refractivity contribution in [1.29, 1.82) is 0 Å². The van der Waals surface area contributed by atoms with Gasteiger partial charge in [-0.25, -0.2) is 0 Å². The standard InChI is InChI=1S/C20H18N4O2/c1-21-19(25)18-12-14-6-2-3-7-17(14)24(18)20(26)16-13-15(8-9-22-16)23-10-4-5-11-23/h2-11,13,18H,12H2,1H3,(H,21,25). The SMILES string of the molecule is CNC(=O)C1Cc2ccccc2N1C(=O)c1cc(-n2cccc2)ccn1. The van der Waals surface area contributed by atoms with Gasteiger partial charge in [-0.3, -0.25) is 19.5 Å². The number of nitrogens with zero attached hydrogens (tertiary/aromatic N) is 3. The molecular weight excluding hydrogens is 328 g/mol. The maximum atomic E-state index is 13.2. The van der Waals surface area contributed by atoms with Gasteiger partial charge >= 0.3 is 0 Å². The molecule has 0 radical (unpaired) electrons. The minimum atomic E-state index is -0.568. The van der Waals surface area contributed by atoms with Gasteiger partial charge in [-0.15, -0.1) is 0 Å². The number of aromatic nitrogens is 2. The first-order valence-electron chi connectivity index (χ1n) is 8.41. The van der Waals surface area contributed by atoms with Gasteiger partial charge in [0.15, 0.2) is 0 Å². The molecule has 1 unspecified atom stereocenters. The van der Waals surface area contributed by atoms with E-state index >= 15 is 0 Å². The van der Waals surface area contributed by atoms with Crippen LogP contribution in [0.3, 0.4) is 0 Å². The molecule has 2 aromatic heterocycles. The van der Waals surface area contributed by atoms with Crippen molar-refractivity contribution in [3.8, 4) is 5.69 Å². The summed E-state index contributed by atoms with van der Waals surface area (Å²) in [6, 6.07) is 14.4. The normalized spacial score (nSPS) is 15.6. The number of fused-ring (bicyclic) bond motifs is 1. The molecule has 1 aliphatic rings. The van der Waals surface area contributed by atoms with E-state index in [0.717, 1.165) is 16.9 Å². The Labute approximate surface area is 151 Å². The lowest BCUT2D eigenvalue weighted by atomic mass is 10.1. The highest BCUT2D eigenvalue weighted by molar-refractivity contribution is 6.10. The molecule has 1 aliphatic heterocycles. The van der Waals surface area contributed by atoms with Crippen LogP contribution in [0.15, 0.2) is 67.1 Å². The highest BCUT2D eigenvalue weighted by Gasteiger charge is 2.38. The summed E-state index contributed by atoms with van der Waals surface area (Å²) >= 11 is 0. The minimum Gasteiger partial charge on any atom is -0.357 e. The summed E-state index contributed by atoms with van der Waals surface area (Å²) < 4.78 is 1.91. The highest BCUT2D eigenvalue weighted by atomic mass is 16.2. The summed E-state index contributed by atoms with van der Waals surface area (Å²) in [6.07, 6.45) is 5.92. The van der Waals surface area contributed by atoms with Crippen molar-refractivity contribution in [3.05, 3.63) is 78.4 Å². The second-order valence-electron chi connectivity index (χ2n) is 6.13. The number of carbonyl (C=O) groups is 2. The molecule has 6 heteroatoms. The number of amides is 2. The fraction of sp³-hybridized carbons (Fsp3) is 0.150. The molecule has 3 heterocycles. The van der Waals surface area contributed by atoms with Gasteiger partial charge in [0, 0.05) is 43.4 Å². The van der Waals surface area contributed by atoms with E-state index in [1.54, 1.807) is 24.2 Å². The van der Waals surface area contributed by atoms with Gasteiger partial charge in [-0.1, -0.05) is 18.2 Å². The monoisotopic (exact) mass is 346 g/mol. The van der Waals surface area contributed by atoms with Gasteiger partial charge < -0.3 is 9.88 Å². The zero-order valence-electron chi connectivity index (χ0n) is 14.3. The molecular formula is C20H18N4O2. The molecule has 0 aliphatic carbocycles. The Bertz CT molecular complexity index is 965. The van der Waals surface area contributed by atoms with Crippen molar-refractivity contribution < 1.29 is 9.59 Å². The van der Waals surface area contributed by atoms with Gasteiger partial charge in [-0.2, -0.15) is 0 Å². The van der Waals surface area contributed by atoms with Crippen LogP contribution in [0.4, 0.5) is 5.69 Å². The predicted molar refractivity (Wildman–Crippen MR) is 98.4 cm³/mol. The van der Waals surface area contributed by atoms with Crippen molar-refractivity contribution in [3.63, 3.8) is 0 Å². The summed E-state index contributed by atoms with van der Waals surface area (Å²) in [4.78, 5) is 31.4. The zero-order chi connectivity index (χ0) is 18.1. The number of para-hydroxylation sites is 1. The van der Waals surface area contributed by atoms with Crippen LogP contribution >= 0.6 is 0 Å². The van der Waals surface area contributed by atoms with Crippen molar-refractivity contribution in [2.24, 2.45) is 0 Å². The first-order valence-corrected chi connectivity index (χ1v) is 8.41. The Morgan fingerprint density at radius 2 is 1.88 bits per heavy atom. The van der Waals surface area contributed by atoms with Crippen molar-refractivity contribution in [2.75, 3.05) is 11.9 Å². The number of hydrogen-bond acceptors (Lipinski definition) is 3. The van der Waals surface area contributed by atoms with Crippen LogP contribution in [-0.2, 0) is 11.2 Å². The van der Waals surface area contributed by atoms with Crippen LogP contribution in [0.25, 0.3) is 5.69 Å². The second kappa shape index (κ2) is 6.48. The zero-order valence-corrected chi connectivity index (χ0v) is 14.3. The Balaban J connectivity index is 1.74. The first kappa shape index (κ1) is 16.1. The number of pyridine rings is 1. The summed E-state index contributed by atoms with van der Waals surface area (Å²) in [5.74, 6) is -0.464. The molecule has 0 saturated heterocycles. The third kappa shape index (κ3) is 2.65. The lowest BCUT2D eigenvalue weighted by Gasteiger charge is -2.24. The second-order valence-corrected chi connectivity index (χ2v) is 6.13. The molecule has 26 heavy (non-hydrogen) atoms. The summed E-state index contributed by atoms with van der Waals surface area (Å²) in [5, 5.41) is 2.65. The van der Waals surface area contributed by atoms with Crippen molar-refractivity contribution in [1.82, 2.24) is 14.9 Å². The van der Waals surface area contributed by atoms with E-state index in [1.165, 1.54) is 0 Å². The molecule has 4 rings (SSSR count). The molecule has 0 saturated carbocycles. The van der Waals surface area contributed by atoms with E-state index in [0.29, 0.717) is 12.1 Å². The lowest BCUT2D eigenvalue weighted by Crippen LogP contribution is -2.47. The summed E-state index contributed by atoms with van der Waals surface area (Å²) in [7, 11) is 1.58. The highest BCUT2D eigenvalue weighted by Crippen LogP contribution is 2.33. The molecule has 1 N–H and O–H groups in total. The van der Waals surface area contributed by atoms with Gasteiger partial charge in [0.2, 0.25) is 5.91 Å². The van der Waals surface area contributed by atoms with Crippen molar-refractivity contribution >= 4 is 17.5 Å². The van der Waals surface area contributed by atoms with E-state index in [4.69, 9.17) is 0 Å². The Kier molecular flexibility index (Phi) is 4.01.